The molecule has 1 aliphatic rings. The quantitative estimate of drug-likeness (QED) is 0.651. The van der Waals surface area contributed by atoms with Gasteiger partial charge < -0.3 is 15.0 Å². The van der Waals surface area contributed by atoms with Crippen LogP contribution in [-0.4, -0.2) is 48.5 Å². The van der Waals surface area contributed by atoms with Gasteiger partial charge in [-0.05, 0) is 19.0 Å². The van der Waals surface area contributed by atoms with Gasteiger partial charge in [0.1, 0.15) is 0 Å². The molecule has 7 nitrogen and oxygen atoms in total. The van der Waals surface area contributed by atoms with Gasteiger partial charge in [-0.1, -0.05) is 12.1 Å². The van der Waals surface area contributed by atoms with Crippen molar-refractivity contribution < 1.29 is 14.5 Å². The molecule has 1 N–H and O–H groups in total. The molecule has 7 heteroatoms. The number of nitrogens with zero attached hydrogens (tertiary/aromatic N) is 2. The van der Waals surface area contributed by atoms with E-state index in [4.69, 9.17) is 4.74 Å². The Balaban J connectivity index is 1.94. The van der Waals surface area contributed by atoms with Crippen LogP contribution in [0.4, 0.5) is 5.69 Å². The highest BCUT2D eigenvalue weighted by Gasteiger charge is 2.18. The Morgan fingerprint density at radius 1 is 1.35 bits per heavy atom. The molecule has 0 spiro atoms. The highest BCUT2D eigenvalue weighted by atomic mass is 16.6. The summed E-state index contributed by atoms with van der Waals surface area (Å²) in [4.78, 5) is 24.0. The third-order valence-electron chi connectivity index (χ3n) is 3.11. The van der Waals surface area contributed by atoms with Gasteiger partial charge in [-0.25, -0.2) is 0 Å². The second kappa shape index (κ2) is 6.85. The zero-order valence-electron chi connectivity index (χ0n) is 11.1. The van der Waals surface area contributed by atoms with Gasteiger partial charge in [-0.15, -0.1) is 0 Å². The average molecular weight is 279 g/mol. The van der Waals surface area contributed by atoms with Crippen molar-refractivity contribution in [2.75, 3.05) is 32.8 Å². The minimum atomic E-state index is -0.518. The molecule has 108 valence electrons. The number of benzene rings is 1. The topological polar surface area (TPSA) is 84.7 Å². The number of hydrogen-bond donors (Lipinski definition) is 1. The highest BCUT2D eigenvalue weighted by molar-refractivity contribution is 5.78. The Labute approximate surface area is 116 Å². The minimum absolute atomic E-state index is 0.124. The maximum atomic E-state index is 12.0. The Hall–Kier alpha value is -2.15. The summed E-state index contributed by atoms with van der Waals surface area (Å²) in [6, 6.07) is 6.06. The van der Waals surface area contributed by atoms with Crippen molar-refractivity contribution in [3.8, 4) is 5.75 Å². The molecule has 0 atom stereocenters. The van der Waals surface area contributed by atoms with Crippen molar-refractivity contribution in [2.24, 2.45) is 0 Å². The molecular formula is C13H17N3O4. The molecule has 0 radical (unpaired) electrons. The van der Waals surface area contributed by atoms with Crippen LogP contribution >= 0.6 is 0 Å². The van der Waals surface area contributed by atoms with E-state index in [0.29, 0.717) is 13.1 Å². The van der Waals surface area contributed by atoms with E-state index in [2.05, 4.69) is 5.32 Å². The van der Waals surface area contributed by atoms with Crippen LogP contribution in [0.25, 0.3) is 0 Å². The number of ether oxygens (including phenoxy) is 1. The summed E-state index contributed by atoms with van der Waals surface area (Å²) in [6.45, 7) is 2.81. The van der Waals surface area contributed by atoms with Gasteiger partial charge in [0.25, 0.3) is 5.91 Å². The zero-order valence-corrected chi connectivity index (χ0v) is 11.1. The number of rotatable bonds is 4. The molecule has 0 unspecified atom stereocenters. The third kappa shape index (κ3) is 3.67. The van der Waals surface area contributed by atoms with E-state index in [1.807, 2.05) is 0 Å². The van der Waals surface area contributed by atoms with Gasteiger partial charge in [-0.3, -0.25) is 14.9 Å². The molecule has 1 aliphatic heterocycles. The van der Waals surface area contributed by atoms with Crippen LogP contribution in [0.1, 0.15) is 6.42 Å². The van der Waals surface area contributed by atoms with E-state index in [1.165, 1.54) is 12.1 Å². The summed E-state index contributed by atoms with van der Waals surface area (Å²) < 4.78 is 5.30. The van der Waals surface area contributed by atoms with E-state index in [1.54, 1.807) is 17.0 Å². The first kappa shape index (κ1) is 14.3. The first-order chi connectivity index (χ1) is 9.68. The van der Waals surface area contributed by atoms with Gasteiger partial charge in [0.05, 0.1) is 4.92 Å². The lowest BCUT2D eigenvalue weighted by molar-refractivity contribution is -0.385. The average Bonchev–Trinajstić information content (AvgIpc) is 2.74. The van der Waals surface area contributed by atoms with E-state index in [-0.39, 0.29) is 24.0 Å². The van der Waals surface area contributed by atoms with Gasteiger partial charge in [0.15, 0.2) is 12.4 Å². The fraction of sp³-hybridized carbons (Fsp3) is 0.462. The first-order valence-electron chi connectivity index (χ1n) is 6.53. The number of para-hydroxylation sites is 2. The molecule has 0 aromatic heterocycles. The normalized spacial score (nSPS) is 15.5. The molecule has 1 heterocycles. The maximum Gasteiger partial charge on any atom is 0.310 e. The number of hydrogen-bond acceptors (Lipinski definition) is 5. The number of amides is 1. The van der Waals surface area contributed by atoms with Crippen LogP contribution in [0.5, 0.6) is 5.75 Å². The predicted molar refractivity (Wildman–Crippen MR) is 72.7 cm³/mol. The number of nitro benzene ring substituents is 1. The summed E-state index contributed by atoms with van der Waals surface area (Å²) in [5.41, 5.74) is -0.127. The van der Waals surface area contributed by atoms with Gasteiger partial charge in [0, 0.05) is 25.7 Å². The summed E-state index contributed by atoms with van der Waals surface area (Å²) in [5.74, 6) is -0.0225. The van der Waals surface area contributed by atoms with Crippen LogP contribution in [0, 0.1) is 10.1 Å². The van der Waals surface area contributed by atoms with Crippen molar-refractivity contribution in [1.29, 1.82) is 0 Å². The van der Waals surface area contributed by atoms with Crippen LogP contribution in [-0.2, 0) is 4.79 Å². The van der Waals surface area contributed by atoms with E-state index in [0.717, 1.165) is 19.5 Å². The number of nitrogens with one attached hydrogen (secondary N) is 1. The SMILES string of the molecule is O=C(COc1ccccc1[N+](=O)[O-])N1CCCNCC1. The molecular weight excluding hydrogens is 262 g/mol. The van der Waals surface area contributed by atoms with Gasteiger partial charge >= 0.3 is 5.69 Å². The molecule has 1 aromatic carbocycles. The molecule has 0 aliphatic carbocycles. The van der Waals surface area contributed by atoms with E-state index >= 15 is 0 Å². The summed E-state index contributed by atoms with van der Waals surface area (Å²) in [5, 5.41) is 14.0. The third-order valence-corrected chi connectivity index (χ3v) is 3.11. The first-order valence-corrected chi connectivity index (χ1v) is 6.53. The lowest BCUT2D eigenvalue weighted by atomic mass is 10.3. The second-order valence-electron chi connectivity index (χ2n) is 4.50. The fourth-order valence-corrected chi connectivity index (χ4v) is 2.06. The Morgan fingerprint density at radius 3 is 2.95 bits per heavy atom. The Kier molecular flexibility index (Phi) is 4.89. The van der Waals surface area contributed by atoms with Crippen molar-refractivity contribution in [3.63, 3.8) is 0 Å². The predicted octanol–water partition coefficient (Wildman–Crippen LogP) is 0.795. The summed E-state index contributed by atoms with van der Waals surface area (Å²) in [6.07, 6.45) is 0.900. The molecule has 1 aromatic rings. The van der Waals surface area contributed by atoms with Gasteiger partial charge in [-0.2, -0.15) is 0 Å². The van der Waals surface area contributed by atoms with Crippen LogP contribution < -0.4 is 10.1 Å². The maximum absolute atomic E-state index is 12.0. The fourth-order valence-electron chi connectivity index (χ4n) is 2.06. The lowest BCUT2D eigenvalue weighted by Gasteiger charge is -2.19. The van der Waals surface area contributed by atoms with Crippen LogP contribution in [0.3, 0.4) is 0 Å². The number of carbonyl (C=O) groups excluding carboxylic acids is 1. The van der Waals surface area contributed by atoms with Crippen molar-refractivity contribution >= 4 is 11.6 Å². The Morgan fingerprint density at radius 2 is 2.15 bits per heavy atom. The minimum Gasteiger partial charge on any atom is -0.477 e. The number of carbonyl (C=O) groups is 1. The molecule has 1 saturated heterocycles. The Bertz CT molecular complexity index is 484. The molecule has 0 bridgehead atoms. The van der Waals surface area contributed by atoms with Crippen LogP contribution in [0.15, 0.2) is 24.3 Å². The van der Waals surface area contributed by atoms with E-state index < -0.39 is 4.92 Å². The molecule has 2 rings (SSSR count). The van der Waals surface area contributed by atoms with E-state index in [9.17, 15) is 14.9 Å². The number of nitro groups is 1. The molecule has 1 amide bonds. The largest absolute Gasteiger partial charge is 0.477 e. The van der Waals surface area contributed by atoms with Crippen molar-refractivity contribution in [1.82, 2.24) is 10.2 Å². The summed E-state index contributed by atoms with van der Waals surface area (Å²) >= 11 is 0. The monoisotopic (exact) mass is 279 g/mol. The lowest BCUT2D eigenvalue weighted by Crippen LogP contribution is -2.37. The van der Waals surface area contributed by atoms with Crippen molar-refractivity contribution in [3.05, 3.63) is 34.4 Å². The summed E-state index contributed by atoms with van der Waals surface area (Å²) in [7, 11) is 0. The zero-order chi connectivity index (χ0) is 14.4. The standard InChI is InChI=1S/C13H17N3O4/c17-13(15-8-3-6-14-7-9-15)10-20-12-5-2-1-4-11(12)16(18)19/h1-2,4-5,14H,3,6-10H2. The second-order valence-corrected chi connectivity index (χ2v) is 4.50. The smallest absolute Gasteiger partial charge is 0.310 e. The highest BCUT2D eigenvalue weighted by Crippen LogP contribution is 2.25. The van der Waals surface area contributed by atoms with Crippen LogP contribution in [0.2, 0.25) is 0 Å². The molecule has 1 fully saturated rings. The van der Waals surface area contributed by atoms with Gasteiger partial charge in [0.2, 0.25) is 0 Å². The molecule has 0 saturated carbocycles. The van der Waals surface area contributed by atoms with Crippen molar-refractivity contribution in [2.45, 2.75) is 6.42 Å². The molecule has 20 heavy (non-hydrogen) atoms.